The number of carboxylic acid groups (broad SMARTS) is 1. The Balaban J connectivity index is 0.000000213. The van der Waals surface area contributed by atoms with Crippen molar-refractivity contribution >= 4 is 57.5 Å². The number of aromatic nitrogens is 2. The molecule has 0 saturated heterocycles. The normalized spacial score (nSPS) is 14.2. The van der Waals surface area contributed by atoms with Gasteiger partial charge in [0.2, 0.25) is 6.10 Å². The van der Waals surface area contributed by atoms with Gasteiger partial charge in [0.1, 0.15) is 23.7 Å². The van der Waals surface area contributed by atoms with Crippen molar-refractivity contribution in [3.05, 3.63) is 133 Å². The van der Waals surface area contributed by atoms with E-state index in [1.165, 1.54) is 0 Å². The van der Waals surface area contributed by atoms with Crippen LogP contribution in [0.25, 0.3) is 33.4 Å². The molecule has 0 saturated carbocycles. The third-order valence-corrected chi connectivity index (χ3v) is 10.3. The molecule has 0 radical (unpaired) electrons. The van der Waals surface area contributed by atoms with E-state index < -0.39 is 89.0 Å². The van der Waals surface area contributed by atoms with Crippen LogP contribution in [-0.4, -0.2) is 69.9 Å². The topological polar surface area (TPSA) is 328 Å². The predicted molar refractivity (Wildman–Crippen MR) is 234 cm³/mol. The van der Waals surface area contributed by atoms with E-state index in [4.69, 9.17) is 29.1 Å². The number of nitrogens with zero attached hydrogens (tertiary/aromatic N) is 7. The van der Waals surface area contributed by atoms with Gasteiger partial charge in [0, 0.05) is 34.2 Å². The van der Waals surface area contributed by atoms with Gasteiger partial charge in [-0.25, -0.2) is 14.6 Å². The van der Waals surface area contributed by atoms with Crippen LogP contribution in [0.4, 0.5) is 27.5 Å². The molecule has 8 rings (SSSR count). The molecule has 2 aromatic heterocycles. The smallest absolute Gasteiger partial charge is 0.478 e. The third kappa shape index (κ3) is 9.30. The molecule has 4 heterocycles. The first-order valence-electron chi connectivity index (χ1n) is 20.3. The number of esters is 1. The minimum absolute atomic E-state index is 0.000886. The second-order valence-electron chi connectivity index (χ2n) is 15.7. The van der Waals surface area contributed by atoms with Crippen molar-refractivity contribution in [2.24, 2.45) is 5.16 Å². The molecule has 24 heteroatoms. The summed E-state index contributed by atoms with van der Waals surface area (Å²) in [5, 5.41) is 59.1. The van der Waals surface area contributed by atoms with E-state index in [1.807, 2.05) is 32.9 Å². The fourth-order valence-corrected chi connectivity index (χ4v) is 7.46. The van der Waals surface area contributed by atoms with E-state index in [0.29, 0.717) is 47.6 Å². The first kappa shape index (κ1) is 47.8. The lowest BCUT2D eigenvalue weighted by Gasteiger charge is -2.24. The standard InChI is InChI=1S/C25H24N2O6.C16H9N5O11.C2H6/c1-5-16-17-10-20-21-14(11-27(20)22(28)18(17)12-31-23(16)29)8-13-9-15(6-7-19(13)26-21)32-24(30)33-25(2,3)4;1-6(16(22)23)32-17-15-9-2-7(18(24)25)4-11(20(28)29)13(9)14-10(15)3-8(19(26)27)5-12(14)21(30)31;1-2/h6-10,16H,5,11-12H2,1-4H3;2-6H,1H3,(H,22,23);1-2H3/t16-;6-;/m11./s1. The van der Waals surface area contributed by atoms with Gasteiger partial charge in [-0.15, -0.1) is 0 Å². The van der Waals surface area contributed by atoms with E-state index in [9.17, 15) is 59.6 Å². The van der Waals surface area contributed by atoms with Gasteiger partial charge in [-0.2, -0.15) is 0 Å². The Morgan fingerprint density at radius 2 is 1.48 bits per heavy atom. The molecule has 0 fully saturated rings. The molecule has 0 spiro atoms. The molecule has 24 nitrogen and oxygen atoms in total. The summed E-state index contributed by atoms with van der Waals surface area (Å²) in [6.07, 6.45) is -1.76. The molecule has 3 aliphatic rings. The number of rotatable bonds is 9. The van der Waals surface area contributed by atoms with Crippen molar-refractivity contribution in [3.63, 3.8) is 0 Å². The van der Waals surface area contributed by atoms with E-state index in [1.54, 1.807) is 43.5 Å². The van der Waals surface area contributed by atoms with Crippen molar-refractivity contribution < 1.29 is 58.2 Å². The number of benzene rings is 3. The van der Waals surface area contributed by atoms with Crippen molar-refractivity contribution in [2.75, 3.05) is 0 Å². The molecule has 1 aliphatic carbocycles. The van der Waals surface area contributed by atoms with Crippen molar-refractivity contribution in [3.8, 4) is 28.3 Å². The predicted octanol–water partition coefficient (Wildman–Crippen LogP) is 7.86. The van der Waals surface area contributed by atoms with E-state index >= 15 is 0 Å². The number of carboxylic acids is 1. The Morgan fingerprint density at radius 3 is 1.99 bits per heavy atom. The molecule has 0 bridgehead atoms. The number of pyridine rings is 2. The van der Waals surface area contributed by atoms with Gasteiger partial charge >= 0.3 is 18.1 Å². The lowest BCUT2D eigenvalue weighted by atomic mass is 9.90. The first-order chi connectivity index (χ1) is 31.6. The number of nitro benzene ring substituents is 4. The molecule has 0 unspecified atom stereocenters. The zero-order chi connectivity index (χ0) is 49.4. The fraction of sp³-hybridized carbons (Fsp3) is 0.302. The number of non-ortho nitro benzene ring substituents is 2. The number of fused-ring (bicyclic) bond motifs is 8. The summed E-state index contributed by atoms with van der Waals surface area (Å²) in [5.41, 5.74) is -1.88. The van der Waals surface area contributed by atoms with Crippen LogP contribution in [0.15, 0.2) is 64.5 Å². The molecule has 2 atom stereocenters. The van der Waals surface area contributed by atoms with Crippen LogP contribution in [0.3, 0.4) is 0 Å². The molecular formula is C43H39N7O17. The van der Waals surface area contributed by atoms with Crippen molar-refractivity contribution in [2.45, 2.75) is 85.7 Å². The molecular weight excluding hydrogens is 887 g/mol. The second kappa shape index (κ2) is 18.4. The van der Waals surface area contributed by atoms with Crippen LogP contribution in [0.5, 0.6) is 5.75 Å². The van der Waals surface area contributed by atoms with Gasteiger partial charge in [0.15, 0.2) is 0 Å². The number of carbonyl (C=O) groups excluding carboxylic acids is 2. The highest BCUT2D eigenvalue weighted by Crippen LogP contribution is 2.50. The molecule has 67 heavy (non-hydrogen) atoms. The zero-order valence-corrected chi connectivity index (χ0v) is 36.6. The number of oxime groups is 1. The number of nitro groups is 4. The number of aliphatic carboxylic acids is 1. The lowest BCUT2D eigenvalue weighted by molar-refractivity contribution is -0.395. The maximum atomic E-state index is 13.2. The summed E-state index contributed by atoms with van der Waals surface area (Å²) in [6, 6.07) is 11.8. The highest BCUT2D eigenvalue weighted by molar-refractivity contribution is 6.27. The summed E-state index contributed by atoms with van der Waals surface area (Å²) >= 11 is 0. The Hall–Kier alpha value is -8.70. The average Bonchev–Trinajstić information content (AvgIpc) is 3.78. The SMILES string of the molecule is CC.CC[C@H]1C(=O)OCc2c1cc1n(c2=O)Cc2cc3cc(OC(=O)OC(C)(C)C)ccc3nc2-1.C[C@@H](ON=C1c2cc([N+](=O)[O-])cc([N+](=O)[O-])c2-c2c1cc([N+](=O)[O-])cc2[N+](=O)[O-])C(=O)O. The molecule has 0 amide bonds. The zero-order valence-electron chi connectivity index (χ0n) is 36.6. The summed E-state index contributed by atoms with van der Waals surface area (Å²) in [4.78, 5) is 99.9. The highest BCUT2D eigenvalue weighted by atomic mass is 16.7. The van der Waals surface area contributed by atoms with Gasteiger partial charge < -0.3 is 28.7 Å². The number of hydrogen-bond donors (Lipinski definition) is 1. The number of hydrogen-bond acceptors (Lipinski definition) is 18. The fourth-order valence-electron chi connectivity index (χ4n) is 7.46. The van der Waals surface area contributed by atoms with Crippen LogP contribution in [-0.2, 0) is 37.1 Å². The maximum absolute atomic E-state index is 13.2. The summed E-state index contributed by atoms with van der Waals surface area (Å²) < 4.78 is 17.4. The molecule has 348 valence electrons. The summed E-state index contributed by atoms with van der Waals surface area (Å²) in [7, 11) is 0. The monoisotopic (exact) mass is 925 g/mol. The second-order valence-corrected chi connectivity index (χ2v) is 15.7. The minimum Gasteiger partial charge on any atom is -0.478 e. The summed E-state index contributed by atoms with van der Waals surface area (Å²) in [5.74, 6) is -1.84. The Morgan fingerprint density at radius 1 is 0.896 bits per heavy atom. The van der Waals surface area contributed by atoms with E-state index in [2.05, 4.69) is 5.16 Å². The Bertz CT molecular complexity index is 2980. The number of ether oxygens (including phenoxy) is 3. The van der Waals surface area contributed by atoms with Crippen LogP contribution < -0.4 is 10.3 Å². The first-order valence-corrected chi connectivity index (χ1v) is 20.3. The van der Waals surface area contributed by atoms with Crippen LogP contribution >= 0.6 is 0 Å². The minimum atomic E-state index is -1.54. The van der Waals surface area contributed by atoms with Crippen LogP contribution in [0.2, 0.25) is 0 Å². The average molecular weight is 926 g/mol. The van der Waals surface area contributed by atoms with Gasteiger partial charge in [-0.05, 0) is 70.0 Å². The van der Waals surface area contributed by atoms with Crippen molar-refractivity contribution in [1.82, 2.24) is 9.55 Å². The summed E-state index contributed by atoms with van der Waals surface area (Å²) in [6.45, 7) is 12.7. The third-order valence-electron chi connectivity index (χ3n) is 10.3. The largest absolute Gasteiger partial charge is 0.514 e. The van der Waals surface area contributed by atoms with Crippen molar-refractivity contribution in [1.29, 1.82) is 0 Å². The van der Waals surface area contributed by atoms with E-state index in [0.717, 1.165) is 41.3 Å². The van der Waals surface area contributed by atoms with Crippen LogP contribution in [0, 0.1) is 40.5 Å². The Labute approximate surface area is 376 Å². The molecule has 2 aliphatic heterocycles. The van der Waals surface area contributed by atoms with Crippen LogP contribution in [0.1, 0.15) is 88.6 Å². The molecule has 5 aromatic rings. The highest BCUT2D eigenvalue weighted by Gasteiger charge is 2.42. The quantitative estimate of drug-likeness (QED) is 0.0623. The number of carbonyl (C=O) groups is 3. The Kier molecular flexibility index (Phi) is 13.1. The maximum Gasteiger partial charge on any atom is 0.514 e. The molecule has 3 aromatic carbocycles. The van der Waals surface area contributed by atoms with Gasteiger partial charge in [-0.1, -0.05) is 25.9 Å². The van der Waals surface area contributed by atoms with Gasteiger partial charge in [0.25, 0.3) is 28.3 Å². The number of cyclic esters (lactones) is 1. The van der Waals surface area contributed by atoms with E-state index in [-0.39, 0.29) is 29.3 Å². The molecule has 1 N–H and O–H groups in total. The van der Waals surface area contributed by atoms with Gasteiger partial charge in [-0.3, -0.25) is 50.0 Å². The van der Waals surface area contributed by atoms with Gasteiger partial charge in [0.05, 0.1) is 77.9 Å². The lowest BCUT2D eigenvalue weighted by Crippen LogP contribution is -2.32.